The van der Waals surface area contributed by atoms with Gasteiger partial charge in [-0.2, -0.15) is 0 Å². The zero-order valence-corrected chi connectivity index (χ0v) is 15.1. The van der Waals surface area contributed by atoms with Crippen molar-refractivity contribution in [3.8, 4) is 0 Å². The summed E-state index contributed by atoms with van der Waals surface area (Å²) >= 11 is 0. The molecule has 2 aliphatic heterocycles. The summed E-state index contributed by atoms with van der Waals surface area (Å²) in [5, 5.41) is 0. The molecule has 0 aliphatic carbocycles. The van der Waals surface area contributed by atoms with E-state index >= 15 is 0 Å². The molecule has 1 unspecified atom stereocenters. The molecule has 0 saturated carbocycles. The number of piperidine rings is 1. The molecule has 1 atom stereocenters. The molecule has 1 aromatic rings. The lowest BCUT2D eigenvalue weighted by Gasteiger charge is -2.35. The van der Waals surface area contributed by atoms with Gasteiger partial charge in [-0.15, -0.1) is 0 Å². The summed E-state index contributed by atoms with van der Waals surface area (Å²) < 4.78 is 18.4. The third-order valence-electron chi connectivity index (χ3n) is 5.42. The van der Waals surface area contributed by atoms with E-state index in [-0.39, 0.29) is 17.6 Å². The number of amides is 1. The van der Waals surface area contributed by atoms with E-state index < -0.39 is 0 Å². The lowest BCUT2D eigenvalue weighted by molar-refractivity contribution is -0.137. The number of rotatable bonds is 5. The van der Waals surface area contributed by atoms with Gasteiger partial charge in [0, 0.05) is 38.6 Å². The van der Waals surface area contributed by atoms with E-state index in [4.69, 9.17) is 4.74 Å². The Kier molecular flexibility index (Phi) is 6.43. The Morgan fingerprint density at radius 1 is 1.16 bits per heavy atom. The number of morpholine rings is 1. The van der Waals surface area contributed by atoms with Crippen LogP contribution < -0.4 is 0 Å². The maximum atomic E-state index is 13.0. The number of halogens is 1. The third kappa shape index (κ3) is 5.25. The van der Waals surface area contributed by atoms with Crippen LogP contribution >= 0.6 is 0 Å². The average molecular weight is 348 g/mol. The van der Waals surface area contributed by atoms with Crippen LogP contribution in [0.2, 0.25) is 0 Å². The van der Waals surface area contributed by atoms with E-state index in [2.05, 4.69) is 4.90 Å². The quantitative estimate of drug-likeness (QED) is 0.820. The third-order valence-corrected chi connectivity index (χ3v) is 5.42. The summed E-state index contributed by atoms with van der Waals surface area (Å²) in [6, 6.07) is 6.80. The van der Waals surface area contributed by atoms with Gasteiger partial charge in [0.15, 0.2) is 0 Å². The van der Waals surface area contributed by atoms with Crippen molar-refractivity contribution in [2.45, 2.75) is 26.2 Å². The van der Waals surface area contributed by atoms with Gasteiger partial charge in [-0.3, -0.25) is 9.69 Å². The SMILES string of the molecule is CC(CN1CCOCC1)C(=O)N1CCC(Cc2ccc(F)cc2)CC1. The van der Waals surface area contributed by atoms with Crippen LogP contribution in [0, 0.1) is 17.7 Å². The van der Waals surface area contributed by atoms with Gasteiger partial charge >= 0.3 is 0 Å². The fourth-order valence-electron chi connectivity index (χ4n) is 3.87. The molecule has 0 bridgehead atoms. The number of hydrogen-bond donors (Lipinski definition) is 0. The number of hydrogen-bond acceptors (Lipinski definition) is 3. The van der Waals surface area contributed by atoms with Gasteiger partial charge in [0.2, 0.25) is 5.91 Å². The van der Waals surface area contributed by atoms with E-state index in [9.17, 15) is 9.18 Å². The first-order valence-corrected chi connectivity index (χ1v) is 9.45. The molecule has 4 nitrogen and oxygen atoms in total. The summed E-state index contributed by atoms with van der Waals surface area (Å²) in [5.74, 6) is 0.737. The molecule has 0 aromatic heterocycles. The maximum absolute atomic E-state index is 13.0. The van der Waals surface area contributed by atoms with Gasteiger partial charge in [0.1, 0.15) is 5.82 Å². The highest BCUT2D eigenvalue weighted by Crippen LogP contribution is 2.23. The normalized spacial score (nSPS) is 21.3. The molecule has 3 rings (SSSR count). The van der Waals surface area contributed by atoms with Crippen molar-refractivity contribution >= 4 is 5.91 Å². The van der Waals surface area contributed by atoms with Crippen LogP contribution in [-0.4, -0.2) is 61.6 Å². The Morgan fingerprint density at radius 2 is 1.80 bits per heavy atom. The molecule has 25 heavy (non-hydrogen) atoms. The van der Waals surface area contributed by atoms with Gasteiger partial charge < -0.3 is 9.64 Å². The lowest BCUT2D eigenvalue weighted by atomic mass is 9.89. The minimum absolute atomic E-state index is 0.0479. The second kappa shape index (κ2) is 8.77. The fourth-order valence-corrected chi connectivity index (χ4v) is 3.87. The van der Waals surface area contributed by atoms with Crippen molar-refractivity contribution in [3.05, 3.63) is 35.6 Å². The second-order valence-corrected chi connectivity index (χ2v) is 7.41. The monoisotopic (exact) mass is 348 g/mol. The molecule has 2 fully saturated rings. The summed E-state index contributed by atoms with van der Waals surface area (Å²) in [4.78, 5) is 17.1. The Morgan fingerprint density at radius 3 is 2.44 bits per heavy atom. The highest BCUT2D eigenvalue weighted by atomic mass is 19.1. The van der Waals surface area contributed by atoms with Crippen LogP contribution in [0.4, 0.5) is 4.39 Å². The molecule has 138 valence electrons. The smallest absolute Gasteiger partial charge is 0.226 e. The van der Waals surface area contributed by atoms with Gasteiger partial charge in [-0.05, 0) is 42.9 Å². The first kappa shape index (κ1) is 18.3. The Hall–Kier alpha value is -1.46. The van der Waals surface area contributed by atoms with Crippen LogP contribution in [0.1, 0.15) is 25.3 Å². The standard InChI is InChI=1S/C20H29FN2O2/c1-16(15-22-10-12-25-13-11-22)20(24)23-8-6-18(7-9-23)14-17-2-4-19(21)5-3-17/h2-5,16,18H,6-15H2,1H3. The zero-order valence-electron chi connectivity index (χ0n) is 15.1. The van der Waals surface area contributed by atoms with Crippen molar-refractivity contribution in [2.24, 2.45) is 11.8 Å². The highest BCUT2D eigenvalue weighted by Gasteiger charge is 2.27. The number of carbonyl (C=O) groups is 1. The predicted molar refractivity (Wildman–Crippen MR) is 95.8 cm³/mol. The first-order chi connectivity index (χ1) is 12.1. The Balaban J connectivity index is 1.43. The van der Waals surface area contributed by atoms with Crippen LogP contribution in [0.5, 0.6) is 0 Å². The van der Waals surface area contributed by atoms with E-state index in [0.29, 0.717) is 5.92 Å². The van der Waals surface area contributed by atoms with Crippen molar-refractivity contribution in [1.29, 1.82) is 0 Å². The van der Waals surface area contributed by atoms with Gasteiger partial charge in [-0.25, -0.2) is 4.39 Å². The van der Waals surface area contributed by atoms with Crippen molar-refractivity contribution in [1.82, 2.24) is 9.80 Å². The number of likely N-dealkylation sites (tertiary alicyclic amines) is 1. The second-order valence-electron chi connectivity index (χ2n) is 7.41. The van der Waals surface area contributed by atoms with Crippen LogP contribution in [0.3, 0.4) is 0 Å². The molecule has 0 N–H and O–H groups in total. The molecule has 2 aliphatic rings. The van der Waals surface area contributed by atoms with E-state index in [0.717, 1.165) is 65.2 Å². The van der Waals surface area contributed by atoms with Crippen LogP contribution in [-0.2, 0) is 16.0 Å². The van der Waals surface area contributed by atoms with Crippen molar-refractivity contribution in [2.75, 3.05) is 45.9 Å². The van der Waals surface area contributed by atoms with E-state index in [1.54, 1.807) is 0 Å². The minimum Gasteiger partial charge on any atom is -0.379 e. The van der Waals surface area contributed by atoms with E-state index in [1.807, 2.05) is 24.0 Å². The van der Waals surface area contributed by atoms with E-state index in [1.165, 1.54) is 17.7 Å². The molecule has 5 heteroatoms. The highest BCUT2D eigenvalue weighted by molar-refractivity contribution is 5.78. The summed E-state index contributed by atoms with van der Waals surface area (Å²) in [5.41, 5.74) is 1.19. The number of ether oxygens (including phenoxy) is 1. The Labute approximate surface area is 149 Å². The summed E-state index contributed by atoms with van der Waals surface area (Å²) in [7, 11) is 0. The molecule has 2 saturated heterocycles. The largest absolute Gasteiger partial charge is 0.379 e. The van der Waals surface area contributed by atoms with Gasteiger partial charge in [0.25, 0.3) is 0 Å². The molecule has 0 radical (unpaired) electrons. The number of carbonyl (C=O) groups excluding carboxylic acids is 1. The number of benzene rings is 1. The van der Waals surface area contributed by atoms with Gasteiger partial charge in [-0.1, -0.05) is 19.1 Å². The Bertz CT molecular complexity index is 549. The molecule has 1 amide bonds. The van der Waals surface area contributed by atoms with Crippen molar-refractivity contribution in [3.63, 3.8) is 0 Å². The topological polar surface area (TPSA) is 32.8 Å². The molecule has 0 spiro atoms. The molecular formula is C20H29FN2O2. The maximum Gasteiger partial charge on any atom is 0.226 e. The van der Waals surface area contributed by atoms with Crippen LogP contribution in [0.15, 0.2) is 24.3 Å². The summed E-state index contributed by atoms with van der Waals surface area (Å²) in [6.45, 7) is 7.97. The molecule has 2 heterocycles. The first-order valence-electron chi connectivity index (χ1n) is 9.45. The zero-order chi connectivity index (χ0) is 17.6. The predicted octanol–water partition coefficient (Wildman–Crippen LogP) is 2.58. The minimum atomic E-state index is -0.182. The number of nitrogens with zero attached hydrogens (tertiary/aromatic N) is 2. The molecule has 1 aromatic carbocycles. The molecular weight excluding hydrogens is 319 g/mol. The lowest BCUT2D eigenvalue weighted by Crippen LogP contribution is -2.46. The fraction of sp³-hybridized carbons (Fsp3) is 0.650. The van der Waals surface area contributed by atoms with Crippen molar-refractivity contribution < 1.29 is 13.9 Å². The van der Waals surface area contributed by atoms with Crippen LogP contribution in [0.25, 0.3) is 0 Å². The van der Waals surface area contributed by atoms with Gasteiger partial charge in [0.05, 0.1) is 13.2 Å². The average Bonchev–Trinajstić information content (AvgIpc) is 2.64. The summed E-state index contributed by atoms with van der Waals surface area (Å²) in [6.07, 6.45) is 3.05.